The maximum atomic E-state index is 5.76. The molecule has 2 rings (SSSR count). The van der Waals surface area contributed by atoms with Crippen LogP contribution in [0.25, 0.3) is 0 Å². The molecule has 3 heteroatoms. The van der Waals surface area contributed by atoms with E-state index in [4.69, 9.17) is 4.74 Å². The third-order valence-electron chi connectivity index (χ3n) is 3.71. The Morgan fingerprint density at radius 3 is 3.00 bits per heavy atom. The Morgan fingerprint density at radius 1 is 1.32 bits per heavy atom. The van der Waals surface area contributed by atoms with Crippen LogP contribution in [-0.4, -0.2) is 24.7 Å². The van der Waals surface area contributed by atoms with Crippen molar-refractivity contribution < 1.29 is 4.74 Å². The minimum Gasteiger partial charge on any atom is -0.380 e. The van der Waals surface area contributed by atoms with Crippen LogP contribution in [0.15, 0.2) is 36.5 Å². The Labute approximate surface area is 116 Å². The molecule has 1 aromatic heterocycles. The van der Waals surface area contributed by atoms with Gasteiger partial charge in [0.05, 0.1) is 18.9 Å². The quantitative estimate of drug-likeness (QED) is 0.604. The van der Waals surface area contributed by atoms with Crippen LogP contribution in [0.3, 0.4) is 0 Å². The van der Waals surface area contributed by atoms with E-state index in [1.165, 1.54) is 12.8 Å². The molecule has 2 atom stereocenters. The number of nitrogens with zero attached hydrogens (tertiary/aromatic N) is 1. The molecule has 0 bridgehead atoms. The highest BCUT2D eigenvalue weighted by Gasteiger charge is 2.17. The Hall–Kier alpha value is -1.19. The highest BCUT2D eigenvalue weighted by molar-refractivity contribution is 5.02. The molecule has 0 fully saturated rings. The summed E-state index contributed by atoms with van der Waals surface area (Å²) in [5.74, 6) is 1.45. The maximum Gasteiger partial charge on any atom is 0.0591 e. The van der Waals surface area contributed by atoms with Crippen LogP contribution in [0.2, 0.25) is 0 Å². The first-order valence-corrected chi connectivity index (χ1v) is 7.19. The van der Waals surface area contributed by atoms with E-state index in [1.807, 2.05) is 24.4 Å². The average Bonchev–Trinajstić information content (AvgIpc) is 2.45. The van der Waals surface area contributed by atoms with E-state index in [0.717, 1.165) is 37.9 Å². The third kappa shape index (κ3) is 5.13. The molecular formula is C16H24N2O. The number of hydrogen-bond donors (Lipinski definition) is 1. The normalized spacial score (nSPS) is 22.6. The Kier molecular flexibility index (Phi) is 6.05. The summed E-state index contributed by atoms with van der Waals surface area (Å²) < 4.78 is 5.76. The summed E-state index contributed by atoms with van der Waals surface area (Å²) in [7, 11) is 0. The number of allylic oxidation sites excluding steroid dienone is 2. The van der Waals surface area contributed by atoms with Gasteiger partial charge in [-0.2, -0.15) is 0 Å². The largest absolute Gasteiger partial charge is 0.380 e. The maximum absolute atomic E-state index is 5.76. The first-order valence-electron chi connectivity index (χ1n) is 7.19. The zero-order valence-corrected chi connectivity index (χ0v) is 11.7. The molecule has 104 valence electrons. The number of pyridine rings is 1. The highest BCUT2D eigenvalue weighted by atomic mass is 16.5. The van der Waals surface area contributed by atoms with Gasteiger partial charge in [0.1, 0.15) is 0 Å². The summed E-state index contributed by atoms with van der Waals surface area (Å²) in [6.45, 7) is 5.67. The minimum atomic E-state index is 0.695. The topological polar surface area (TPSA) is 34.1 Å². The first-order chi connectivity index (χ1) is 9.36. The summed E-state index contributed by atoms with van der Waals surface area (Å²) >= 11 is 0. The van der Waals surface area contributed by atoms with Crippen molar-refractivity contribution in [3.05, 3.63) is 42.2 Å². The van der Waals surface area contributed by atoms with Crippen molar-refractivity contribution >= 4 is 0 Å². The van der Waals surface area contributed by atoms with Gasteiger partial charge in [-0.05, 0) is 36.8 Å². The Balaban J connectivity index is 1.52. The van der Waals surface area contributed by atoms with Gasteiger partial charge in [-0.15, -0.1) is 0 Å². The fourth-order valence-corrected chi connectivity index (χ4v) is 2.34. The molecule has 1 aliphatic rings. The summed E-state index contributed by atoms with van der Waals surface area (Å²) in [4.78, 5) is 4.27. The van der Waals surface area contributed by atoms with E-state index in [2.05, 4.69) is 29.4 Å². The fourth-order valence-electron chi connectivity index (χ4n) is 2.34. The predicted octanol–water partition coefficient (Wildman–Crippen LogP) is 2.79. The van der Waals surface area contributed by atoms with E-state index in [9.17, 15) is 0 Å². The van der Waals surface area contributed by atoms with Crippen molar-refractivity contribution in [2.75, 3.05) is 19.8 Å². The van der Waals surface area contributed by atoms with Crippen LogP contribution < -0.4 is 5.32 Å². The molecule has 0 aromatic carbocycles. The lowest BCUT2D eigenvalue weighted by atomic mass is 9.85. The minimum absolute atomic E-state index is 0.695. The van der Waals surface area contributed by atoms with Crippen molar-refractivity contribution in [3.8, 4) is 0 Å². The van der Waals surface area contributed by atoms with Gasteiger partial charge in [-0.1, -0.05) is 25.1 Å². The molecule has 1 aromatic rings. The highest BCUT2D eigenvalue weighted by Crippen LogP contribution is 2.24. The van der Waals surface area contributed by atoms with Crippen LogP contribution in [0.4, 0.5) is 0 Å². The fraction of sp³-hybridized carbons (Fsp3) is 0.562. The summed E-state index contributed by atoms with van der Waals surface area (Å²) in [6.07, 6.45) is 8.77. The van der Waals surface area contributed by atoms with Crippen LogP contribution in [0.5, 0.6) is 0 Å². The van der Waals surface area contributed by atoms with Crippen molar-refractivity contribution in [2.24, 2.45) is 11.8 Å². The summed E-state index contributed by atoms with van der Waals surface area (Å²) in [6, 6.07) is 5.98. The third-order valence-corrected chi connectivity index (χ3v) is 3.71. The van der Waals surface area contributed by atoms with Crippen molar-refractivity contribution in [1.82, 2.24) is 10.3 Å². The second-order valence-electron chi connectivity index (χ2n) is 5.25. The van der Waals surface area contributed by atoms with E-state index >= 15 is 0 Å². The smallest absolute Gasteiger partial charge is 0.0591 e. The molecule has 1 aliphatic carbocycles. The lowest BCUT2D eigenvalue weighted by Crippen LogP contribution is -2.24. The monoisotopic (exact) mass is 260 g/mol. The molecule has 0 radical (unpaired) electrons. The van der Waals surface area contributed by atoms with Crippen LogP contribution in [0, 0.1) is 11.8 Å². The van der Waals surface area contributed by atoms with Gasteiger partial charge in [0.15, 0.2) is 0 Å². The molecule has 1 heterocycles. The van der Waals surface area contributed by atoms with Gasteiger partial charge in [0, 0.05) is 19.3 Å². The zero-order valence-electron chi connectivity index (χ0n) is 11.7. The van der Waals surface area contributed by atoms with E-state index in [1.54, 1.807) is 0 Å². The Bertz CT molecular complexity index is 378. The molecule has 0 spiro atoms. The average molecular weight is 260 g/mol. The van der Waals surface area contributed by atoms with Crippen molar-refractivity contribution in [2.45, 2.75) is 26.3 Å². The molecule has 0 amide bonds. The molecule has 0 saturated carbocycles. The van der Waals surface area contributed by atoms with Gasteiger partial charge in [-0.25, -0.2) is 0 Å². The predicted molar refractivity (Wildman–Crippen MR) is 77.8 cm³/mol. The SMILES string of the molecule is CC1CC=CCC1COCCNCc1ccccn1. The van der Waals surface area contributed by atoms with Crippen molar-refractivity contribution in [1.29, 1.82) is 0 Å². The van der Waals surface area contributed by atoms with Crippen LogP contribution in [-0.2, 0) is 11.3 Å². The van der Waals surface area contributed by atoms with Gasteiger partial charge in [0.25, 0.3) is 0 Å². The number of nitrogens with one attached hydrogen (secondary N) is 1. The van der Waals surface area contributed by atoms with Crippen molar-refractivity contribution in [3.63, 3.8) is 0 Å². The van der Waals surface area contributed by atoms with Gasteiger partial charge < -0.3 is 10.1 Å². The molecule has 19 heavy (non-hydrogen) atoms. The van der Waals surface area contributed by atoms with Crippen LogP contribution >= 0.6 is 0 Å². The molecule has 1 N–H and O–H groups in total. The van der Waals surface area contributed by atoms with E-state index < -0.39 is 0 Å². The van der Waals surface area contributed by atoms with Gasteiger partial charge >= 0.3 is 0 Å². The van der Waals surface area contributed by atoms with Crippen LogP contribution in [0.1, 0.15) is 25.5 Å². The Morgan fingerprint density at radius 2 is 2.21 bits per heavy atom. The molecule has 3 nitrogen and oxygen atoms in total. The second kappa shape index (κ2) is 8.08. The van der Waals surface area contributed by atoms with E-state index in [0.29, 0.717) is 5.92 Å². The summed E-state index contributed by atoms with van der Waals surface area (Å²) in [5.41, 5.74) is 1.08. The molecule has 2 unspecified atom stereocenters. The molecule has 0 saturated heterocycles. The molecule has 0 aliphatic heterocycles. The van der Waals surface area contributed by atoms with Gasteiger partial charge in [-0.3, -0.25) is 4.98 Å². The lowest BCUT2D eigenvalue weighted by Gasteiger charge is -2.24. The zero-order chi connectivity index (χ0) is 13.3. The lowest BCUT2D eigenvalue weighted by molar-refractivity contribution is 0.0807. The number of rotatable bonds is 7. The van der Waals surface area contributed by atoms with E-state index in [-0.39, 0.29) is 0 Å². The van der Waals surface area contributed by atoms with Gasteiger partial charge in [0.2, 0.25) is 0 Å². The molecular weight excluding hydrogens is 236 g/mol. The number of hydrogen-bond acceptors (Lipinski definition) is 3. The standard InChI is InChI=1S/C16H24N2O/c1-14-6-2-3-7-15(14)13-19-11-10-17-12-16-8-4-5-9-18-16/h2-5,8-9,14-15,17H,6-7,10-13H2,1H3. The first kappa shape index (κ1) is 14.2. The number of ether oxygens (including phenoxy) is 1. The summed E-state index contributed by atoms with van der Waals surface area (Å²) in [5, 5.41) is 3.35. The number of aromatic nitrogens is 1. The second-order valence-corrected chi connectivity index (χ2v) is 5.25.